The van der Waals surface area contributed by atoms with Crippen LogP contribution >= 0.6 is 0 Å². The molecule has 4 N–H and O–H groups in total. The molecule has 6 nitrogen and oxygen atoms in total. The molecule has 2 aromatic carbocycles. The fraction of sp³-hybridized carbons (Fsp3) is 0.0714. The molecular formula is C14H9O6-. The minimum Gasteiger partial charge on any atom is -0.869 e. The molecule has 0 spiro atoms. The summed E-state index contributed by atoms with van der Waals surface area (Å²) in [5, 5.41) is 50.8. The van der Waals surface area contributed by atoms with Crippen molar-refractivity contribution in [3.05, 3.63) is 28.8 Å². The van der Waals surface area contributed by atoms with Crippen molar-refractivity contribution in [2.75, 3.05) is 0 Å². The SMILES string of the molecule is Cc1cc(O)c2c(O)c(O)c([O-])c3c2c1C(=O)C=C3O. The number of phenolic OH excluding ortho intramolecular Hbond substituents is 3. The molecule has 3 rings (SSSR count). The van der Waals surface area contributed by atoms with E-state index in [4.69, 9.17) is 0 Å². The number of aromatic hydroxyl groups is 3. The standard InChI is InChI=1S/C14H10O6/c1-4-2-5(15)9-11-8(4)6(16)3-7(17)10(11)13(19)14(20)12(9)18/h2-3,15,17-20H,1H3/p-1. The Bertz CT molecular complexity index is 832. The van der Waals surface area contributed by atoms with Crippen LogP contribution in [0.25, 0.3) is 16.5 Å². The summed E-state index contributed by atoms with van der Waals surface area (Å²) in [6, 6.07) is 1.25. The highest BCUT2D eigenvalue weighted by atomic mass is 16.3. The lowest BCUT2D eigenvalue weighted by Gasteiger charge is -2.24. The molecule has 2 aromatic rings. The second-order valence-corrected chi connectivity index (χ2v) is 4.63. The van der Waals surface area contributed by atoms with E-state index in [0.29, 0.717) is 5.56 Å². The van der Waals surface area contributed by atoms with E-state index in [9.17, 15) is 30.3 Å². The minimum atomic E-state index is -0.998. The highest BCUT2D eigenvalue weighted by molar-refractivity contribution is 6.24. The molecule has 102 valence electrons. The maximum absolute atomic E-state index is 12.0. The van der Waals surface area contributed by atoms with Gasteiger partial charge in [0.25, 0.3) is 0 Å². The Morgan fingerprint density at radius 3 is 2.30 bits per heavy atom. The summed E-state index contributed by atoms with van der Waals surface area (Å²) in [6.45, 7) is 1.56. The molecule has 0 radical (unpaired) electrons. The summed E-state index contributed by atoms with van der Waals surface area (Å²) in [5.41, 5.74) is 0.205. The number of carbonyl (C=O) groups is 1. The van der Waals surface area contributed by atoms with Crippen LogP contribution in [0.2, 0.25) is 0 Å². The lowest BCUT2D eigenvalue weighted by atomic mass is 9.86. The summed E-state index contributed by atoms with van der Waals surface area (Å²) in [6.07, 6.45) is 0.874. The van der Waals surface area contributed by atoms with Crippen molar-refractivity contribution in [3.63, 3.8) is 0 Å². The molecule has 0 unspecified atom stereocenters. The normalized spacial score (nSPS) is 13.7. The van der Waals surface area contributed by atoms with E-state index in [1.54, 1.807) is 6.92 Å². The van der Waals surface area contributed by atoms with Crippen molar-refractivity contribution >= 4 is 22.3 Å². The van der Waals surface area contributed by atoms with Crippen molar-refractivity contribution in [3.8, 4) is 23.0 Å². The van der Waals surface area contributed by atoms with Gasteiger partial charge in [-0.2, -0.15) is 0 Å². The molecular weight excluding hydrogens is 264 g/mol. The van der Waals surface area contributed by atoms with E-state index < -0.39 is 34.5 Å². The molecule has 0 atom stereocenters. The Balaban J connectivity index is 2.73. The molecule has 6 heteroatoms. The van der Waals surface area contributed by atoms with E-state index in [-0.39, 0.29) is 21.9 Å². The first kappa shape index (κ1) is 12.2. The number of aliphatic hydroxyl groups excluding tert-OH is 1. The van der Waals surface area contributed by atoms with Crippen molar-refractivity contribution in [1.29, 1.82) is 0 Å². The molecule has 0 saturated carbocycles. The zero-order valence-corrected chi connectivity index (χ0v) is 10.3. The van der Waals surface area contributed by atoms with Crippen LogP contribution < -0.4 is 5.11 Å². The van der Waals surface area contributed by atoms with E-state index >= 15 is 0 Å². The monoisotopic (exact) mass is 273 g/mol. The maximum Gasteiger partial charge on any atom is 0.190 e. The van der Waals surface area contributed by atoms with Gasteiger partial charge in [0.1, 0.15) is 11.5 Å². The largest absolute Gasteiger partial charge is 0.869 e. The second-order valence-electron chi connectivity index (χ2n) is 4.63. The zero-order chi connectivity index (χ0) is 14.8. The summed E-state index contributed by atoms with van der Waals surface area (Å²) >= 11 is 0. The van der Waals surface area contributed by atoms with Crippen molar-refractivity contribution in [2.45, 2.75) is 6.92 Å². The number of aliphatic hydroxyl groups is 1. The first-order chi connectivity index (χ1) is 9.34. The van der Waals surface area contributed by atoms with Gasteiger partial charge in [0, 0.05) is 22.6 Å². The Labute approximate surface area is 112 Å². The smallest absolute Gasteiger partial charge is 0.190 e. The number of rotatable bonds is 0. The lowest BCUT2D eigenvalue weighted by Crippen LogP contribution is -2.10. The fourth-order valence-corrected chi connectivity index (χ4v) is 2.58. The van der Waals surface area contributed by atoms with Crippen molar-refractivity contribution < 1.29 is 30.3 Å². The molecule has 0 saturated heterocycles. The third kappa shape index (κ3) is 1.25. The lowest BCUT2D eigenvalue weighted by molar-refractivity contribution is -0.270. The highest BCUT2D eigenvalue weighted by Gasteiger charge is 2.28. The number of carbonyl (C=O) groups excluding carboxylic acids is 1. The predicted molar refractivity (Wildman–Crippen MR) is 68.1 cm³/mol. The van der Waals surface area contributed by atoms with Crippen LogP contribution in [0.1, 0.15) is 21.5 Å². The average molecular weight is 273 g/mol. The number of hydrogen-bond acceptors (Lipinski definition) is 6. The van der Waals surface area contributed by atoms with Gasteiger partial charge in [0.15, 0.2) is 17.3 Å². The summed E-state index contributed by atoms with van der Waals surface area (Å²) in [5.74, 6) is -4.32. The predicted octanol–water partition coefficient (Wildman–Crippen LogP) is 1.43. The van der Waals surface area contributed by atoms with Crippen molar-refractivity contribution in [1.82, 2.24) is 0 Å². The molecule has 0 amide bonds. The minimum absolute atomic E-state index is 0.0483. The van der Waals surface area contributed by atoms with Gasteiger partial charge in [-0.05, 0) is 24.3 Å². The van der Waals surface area contributed by atoms with E-state index in [1.165, 1.54) is 6.07 Å². The number of allylic oxidation sites excluding steroid dienone is 1. The average Bonchev–Trinajstić information content (AvgIpc) is 2.34. The molecule has 20 heavy (non-hydrogen) atoms. The van der Waals surface area contributed by atoms with Gasteiger partial charge in [0.05, 0.1) is 5.39 Å². The Kier molecular flexibility index (Phi) is 2.17. The third-order valence-electron chi connectivity index (χ3n) is 3.43. The van der Waals surface area contributed by atoms with Crippen LogP contribution in [-0.4, -0.2) is 26.2 Å². The Morgan fingerprint density at radius 1 is 1.00 bits per heavy atom. The van der Waals surface area contributed by atoms with Gasteiger partial charge in [0.2, 0.25) is 0 Å². The van der Waals surface area contributed by atoms with Gasteiger partial charge in [-0.25, -0.2) is 0 Å². The number of ketones is 1. The Hall–Kier alpha value is -2.89. The molecule has 0 aliphatic heterocycles. The molecule has 0 fully saturated rings. The number of benzene rings is 2. The number of aryl methyl sites for hydroxylation is 1. The van der Waals surface area contributed by atoms with Crippen LogP contribution in [0.4, 0.5) is 0 Å². The van der Waals surface area contributed by atoms with Crippen LogP contribution in [0, 0.1) is 6.92 Å². The van der Waals surface area contributed by atoms with Gasteiger partial charge in [-0.1, -0.05) is 0 Å². The van der Waals surface area contributed by atoms with Crippen molar-refractivity contribution in [2.24, 2.45) is 0 Å². The molecule has 1 aliphatic rings. The van der Waals surface area contributed by atoms with Crippen LogP contribution in [-0.2, 0) is 0 Å². The van der Waals surface area contributed by atoms with Gasteiger partial charge in [-0.15, -0.1) is 0 Å². The molecule has 0 heterocycles. The number of phenols is 3. The van der Waals surface area contributed by atoms with Gasteiger partial charge in [-0.3, -0.25) is 4.79 Å². The molecule has 0 aromatic heterocycles. The maximum atomic E-state index is 12.0. The van der Waals surface area contributed by atoms with E-state index in [2.05, 4.69) is 0 Å². The van der Waals surface area contributed by atoms with Crippen LogP contribution in [0.15, 0.2) is 12.1 Å². The second kappa shape index (κ2) is 3.57. The first-order valence-corrected chi connectivity index (χ1v) is 5.71. The van der Waals surface area contributed by atoms with E-state index in [1.807, 2.05) is 0 Å². The summed E-state index contributed by atoms with van der Waals surface area (Å²) in [7, 11) is 0. The number of hydrogen-bond donors (Lipinski definition) is 4. The first-order valence-electron chi connectivity index (χ1n) is 5.71. The zero-order valence-electron chi connectivity index (χ0n) is 10.3. The van der Waals surface area contributed by atoms with Gasteiger partial charge >= 0.3 is 0 Å². The Morgan fingerprint density at radius 2 is 1.65 bits per heavy atom. The highest BCUT2D eigenvalue weighted by Crippen LogP contribution is 2.51. The van der Waals surface area contributed by atoms with E-state index in [0.717, 1.165) is 6.08 Å². The van der Waals surface area contributed by atoms with Crippen LogP contribution in [0.5, 0.6) is 23.0 Å². The molecule has 0 bridgehead atoms. The summed E-state index contributed by atoms with van der Waals surface area (Å²) in [4.78, 5) is 12.0. The van der Waals surface area contributed by atoms with Gasteiger partial charge < -0.3 is 25.5 Å². The topological polar surface area (TPSA) is 121 Å². The molecule has 1 aliphatic carbocycles. The third-order valence-corrected chi connectivity index (χ3v) is 3.43. The van der Waals surface area contributed by atoms with Crippen LogP contribution in [0.3, 0.4) is 0 Å². The fourth-order valence-electron chi connectivity index (χ4n) is 2.58. The summed E-state index contributed by atoms with van der Waals surface area (Å²) < 4.78 is 0. The quantitative estimate of drug-likeness (QED) is 0.539.